The van der Waals surface area contributed by atoms with Crippen molar-refractivity contribution in [2.75, 3.05) is 0 Å². The molecule has 0 aliphatic heterocycles. The van der Waals surface area contributed by atoms with Gasteiger partial charge < -0.3 is 0 Å². The van der Waals surface area contributed by atoms with Gasteiger partial charge in [0.25, 0.3) is 0 Å². The third kappa shape index (κ3) is 1.52. The molecule has 9 heavy (non-hydrogen) atoms. The van der Waals surface area contributed by atoms with Crippen LogP contribution in [0.4, 0.5) is 0 Å². The molecule has 1 radical (unpaired) electrons. The maximum atomic E-state index is 4.09. The van der Waals surface area contributed by atoms with E-state index >= 15 is 0 Å². The first-order valence-corrected chi connectivity index (χ1v) is 3.52. The summed E-state index contributed by atoms with van der Waals surface area (Å²) in [5, 5.41) is 0. The largest absolute Gasteiger partial charge is 0.260 e. The van der Waals surface area contributed by atoms with Gasteiger partial charge in [0.05, 0.1) is 5.69 Å². The molecule has 0 saturated carbocycles. The molecule has 0 spiro atoms. The normalized spacial score (nSPS) is 9.56. The first-order valence-electron chi connectivity index (χ1n) is 2.73. The Morgan fingerprint density at radius 3 is 2.89 bits per heavy atom. The Hall–Kier alpha value is -0.370. The molecular formula is C7H7BrN. The molecule has 1 rings (SSSR count). The van der Waals surface area contributed by atoms with Gasteiger partial charge in [0, 0.05) is 10.7 Å². The van der Waals surface area contributed by atoms with Gasteiger partial charge in [-0.2, -0.15) is 0 Å². The van der Waals surface area contributed by atoms with Crippen LogP contribution in [0.5, 0.6) is 0 Å². The smallest absolute Gasteiger partial charge is 0.0545 e. The predicted octanol–water partition coefficient (Wildman–Crippen LogP) is 2.22. The first kappa shape index (κ1) is 6.75. The van der Waals surface area contributed by atoms with E-state index in [1.165, 1.54) is 0 Å². The van der Waals surface area contributed by atoms with Crippen molar-refractivity contribution < 1.29 is 0 Å². The molecule has 0 N–H and O–H groups in total. The lowest BCUT2D eigenvalue weighted by atomic mass is 10.3. The van der Waals surface area contributed by atoms with E-state index in [0.717, 1.165) is 16.6 Å². The molecule has 1 nitrogen and oxygen atoms in total. The second kappa shape index (κ2) is 2.97. The Labute approximate surface area is 63.2 Å². The van der Waals surface area contributed by atoms with Crippen LogP contribution in [0, 0.1) is 6.92 Å². The molecule has 47 valence electrons. The summed E-state index contributed by atoms with van der Waals surface area (Å²) < 4.78 is 1.04. The number of hydrogen-bond acceptors (Lipinski definition) is 1. The van der Waals surface area contributed by atoms with Crippen LogP contribution in [0.15, 0.2) is 22.8 Å². The van der Waals surface area contributed by atoms with E-state index in [9.17, 15) is 0 Å². The highest BCUT2D eigenvalue weighted by Gasteiger charge is 1.93. The van der Waals surface area contributed by atoms with Gasteiger partial charge in [-0.05, 0) is 41.4 Å². The first-order chi connectivity index (χ1) is 4.34. The van der Waals surface area contributed by atoms with E-state index in [1.54, 1.807) is 6.20 Å². The van der Waals surface area contributed by atoms with E-state index in [0.29, 0.717) is 0 Å². The molecule has 0 bridgehead atoms. The van der Waals surface area contributed by atoms with E-state index in [4.69, 9.17) is 0 Å². The average Bonchev–Trinajstić information content (AvgIpc) is 1.89. The average molecular weight is 185 g/mol. The molecule has 1 aromatic rings. The zero-order valence-electron chi connectivity index (χ0n) is 4.97. The van der Waals surface area contributed by atoms with Crippen molar-refractivity contribution in [3.63, 3.8) is 0 Å². The number of rotatable bonds is 1. The van der Waals surface area contributed by atoms with Gasteiger partial charge in [-0.15, -0.1) is 0 Å². The van der Waals surface area contributed by atoms with Crippen molar-refractivity contribution in [3.05, 3.63) is 35.4 Å². The number of hydrogen-bond donors (Lipinski definition) is 0. The fourth-order valence-corrected chi connectivity index (χ4v) is 1.06. The minimum Gasteiger partial charge on any atom is -0.260 e. The SMILES string of the molecule is [CH2]Cc1ncccc1Br. The Balaban J connectivity index is 3.01. The van der Waals surface area contributed by atoms with Crippen molar-refractivity contribution in [1.82, 2.24) is 4.98 Å². The van der Waals surface area contributed by atoms with E-state index in [1.807, 2.05) is 12.1 Å². The number of pyridine rings is 1. The maximum absolute atomic E-state index is 4.09. The minimum absolute atomic E-state index is 0.738. The van der Waals surface area contributed by atoms with E-state index < -0.39 is 0 Å². The molecular weight excluding hydrogens is 178 g/mol. The third-order valence-electron chi connectivity index (χ3n) is 1.07. The minimum atomic E-state index is 0.738. The lowest BCUT2D eigenvalue weighted by molar-refractivity contribution is 1.09. The van der Waals surface area contributed by atoms with Crippen LogP contribution in [0.1, 0.15) is 5.69 Å². The molecule has 0 unspecified atom stereocenters. The zero-order chi connectivity index (χ0) is 6.69. The summed E-state index contributed by atoms with van der Waals surface area (Å²) in [6, 6.07) is 3.86. The predicted molar refractivity (Wildman–Crippen MR) is 41.0 cm³/mol. The number of halogens is 1. The van der Waals surface area contributed by atoms with Crippen LogP contribution in [0.25, 0.3) is 0 Å². The second-order valence-corrected chi connectivity index (χ2v) is 2.54. The molecule has 1 heterocycles. The van der Waals surface area contributed by atoms with Gasteiger partial charge in [0.1, 0.15) is 0 Å². The fourth-order valence-electron chi connectivity index (χ4n) is 0.602. The van der Waals surface area contributed by atoms with Crippen LogP contribution in [0.3, 0.4) is 0 Å². The summed E-state index contributed by atoms with van der Waals surface area (Å²) >= 11 is 3.35. The van der Waals surface area contributed by atoms with Crippen molar-refractivity contribution in [2.45, 2.75) is 6.42 Å². The summed E-state index contributed by atoms with van der Waals surface area (Å²) in [4.78, 5) is 4.09. The van der Waals surface area contributed by atoms with Crippen LogP contribution in [-0.4, -0.2) is 4.98 Å². The number of aromatic nitrogens is 1. The Morgan fingerprint density at radius 2 is 2.44 bits per heavy atom. The lowest BCUT2D eigenvalue weighted by Crippen LogP contribution is -1.85. The highest BCUT2D eigenvalue weighted by Crippen LogP contribution is 2.12. The zero-order valence-corrected chi connectivity index (χ0v) is 6.56. The topological polar surface area (TPSA) is 12.9 Å². The standard InChI is InChI=1S/C7H7BrN/c1-2-7-6(8)4-3-5-9-7/h3-5H,1-2H2. The Kier molecular flexibility index (Phi) is 2.22. The molecule has 0 aliphatic carbocycles. The Morgan fingerprint density at radius 1 is 1.67 bits per heavy atom. The van der Waals surface area contributed by atoms with Crippen LogP contribution in [-0.2, 0) is 6.42 Å². The molecule has 0 aliphatic rings. The van der Waals surface area contributed by atoms with Gasteiger partial charge in [-0.3, -0.25) is 4.98 Å². The maximum Gasteiger partial charge on any atom is 0.0545 e. The molecule has 0 aromatic carbocycles. The highest BCUT2D eigenvalue weighted by atomic mass is 79.9. The van der Waals surface area contributed by atoms with E-state index in [-0.39, 0.29) is 0 Å². The van der Waals surface area contributed by atoms with Crippen LogP contribution >= 0.6 is 15.9 Å². The van der Waals surface area contributed by atoms with Crippen LogP contribution < -0.4 is 0 Å². The van der Waals surface area contributed by atoms with Crippen LogP contribution in [0.2, 0.25) is 0 Å². The summed E-state index contributed by atoms with van der Waals surface area (Å²) in [6.45, 7) is 3.72. The van der Waals surface area contributed by atoms with E-state index in [2.05, 4.69) is 27.8 Å². The van der Waals surface area contributed by atoms with Crippen molar-refractivity contribution in [2.24, 2.45) is 0 Å². The second-order valence-electron chi connectivity index (χ2n) is 1.68. The van der Waals surface area contributed by atoms with Crippen molar-refractivity contribution in [1.29, 1.82) is 0 Å². The summed E-state index contributed by atoms with van der Waals surface area (Å²) in [5.41, 5.74) is 1.01. The third-order valence-corrected chi connectivity index (χ3v) is 1.79. The summed E-state index contributed by atoms with van der Waals surface area (Å²) in [5.74, 6) is 0. The van der Waals surface area contributed by atoms with Gasteiger partial charge in [0.2, 0.25) is 0 Å². The van der Waals surface area contributed by atoms with Gasteiger partial charge in [-0.1, -0.05) is 0 Å². The molecule has 2 heteroatoms. The molecule has 0 atom stereocenters. The van der Waals surface area contributed by atoms with Crippen molar-refractivity contribution >= 4 is 15.9 Å². The summed E-state index contributed by atoms with van der Waals surface area (Å²) in [7, 11) is 0. The lowest BCUT2D eigenvalue weighted by Gasteiger charge is -1.95. The monoisotopic (exact) mass is 184 g/mol. The number of nitrogens with zero attached hydrogens (tertiary/aromatic N) is 1. The molecule has 1 aromatic heterocycles. The Bertz CT molecular complexity index is 198. The fraction of sp³-hybridized carbons (Fsp3) is 0.143. The molecule has 0 saturated heterocycles. The van der Waals surface area contributed by atoms with Gasteiger partial charge >= 0.3 is 0 Å². The molecule has 0 amide bonds. The highest BCUT2D eigenvalue weighted by molar-refractivity contribution is 9.10. The van der Waals surface area contributed by atoms with Gasteiger partial charge in [0.15, 0.2) is 0 Å². The van der Waals surface area contributed by atoms with Crippen molar-refractivity contribution in [3.8, 4) is 0 Å². The summed E-state index contributed by atoms with van der Waals surface area (Å²) in [6.07, 6.45) is 2.51. The molecule has 0 fully saturated rings. The quantitative estimate of drug-likeness (QED) is 0.653. The van der Waals surface area contributed by atoms with Gasteiger partial charge in [-0.25, -0.2) is 0 Å².